The van der Waals surface area contributed by atoms with Gasteiger partial charge in [0.15, 0.2) is 0 Å². The van der Waals surface area contributed by atoms with Crippen LogP contribution in [-0.2, 0) is 0 Å². The van der Waals surface area contributed by atoms with Crippen LogP contribution in [0.4, 0.5) is 0 Å². The summed E-state index contributed by atoms with van der Waals surface area (Å²) in [4.78, 5) is 19.2. The molecular formula is C15H11BrN2O3. The molecule has 0 aliphatic rings. The van der Waals surface area contributed by atoms with Crippen molar-refractivity contribution in [3.8, 4) is 22.9 Å². The molecule has 0 saturated heterocycles. The van der Waals surface area contributed by atoms with Crippen molar-refractivity contribution < 1.29 is 9.84 Å². The molecule has 0 aliphatic heterocycles. The first kappa shape index (κ1) is 13.6. The molecule has 0 unspecified atom stereocenters. The quantitative estimate of drug-likeness (QED) is 0.747. The SMILES string of the molecule is COc1cc(-c2nc3ccccc3c(=O)[nH]2)c(O)cc1Br. The number of methoxy groups -OCH3 is 1. The number of aromatic amines is 1. The van der Waals surface area contributed by atoms with E-state index >= 15 is 0 Å². The van der Waals surface area contributed by atoms with E-state index in [9.17, 15) is 9.90 Å². The molecule has 6 heteroatoms. The van der Waals surface area contributed by atoms with E-state index in [0.717, 1.165) is 0 Å². The third kappa shape index (κ3) is 2.38. The normalized spacial score (nSPS) is 10.8. The van der Waals surface area contributed by atoms with Gasteiger partial charge in [-0.3, -0.25) is 4.79 Å². The highest BCUT2D eigenvalue weighted by atomic mass is 79.9. The highest BCUT2D eigenvalue weighted by Crippen LogP contribution is 2.36. The van der Waals surface area contributed by atoms with Gasteiger partial charge < -0.3 is 14.8 Å². The molecule has 0 bridgehead atoms. The Morgan fingerprint density at radius 2 is 2.05 bits per heavy atom. The fourth-order valence-electron chi connectivity index (χ4n) is 2.10. The summed E-state index contributed by atoms with van der Waals surface area (Å²) in [7, 11) is 1.53. The molecule has 0 spiro atoms. The zero-order valence-corrected chi connectivity index (χ0v) is 12.6. The van der Waals surface area contributed by atoms with Crippen molar-refractivity contribution in [1.82, 2.24) is 9.97 Å². The zero-order chi connectivity index (χ0) is 15.0. The van der Waals surface area contributed by atoms with Crippen molar-refractivity contribution in [2.45, 2.75) is 0 Å². The number of phenols is 1. The first-order valence-corrected chi connectivity index (χ1v) is 6.95. The molecule has 1 heterocycles. The standard InChI is InChI=1S/C15H11BrN2O3/c1-21-13-6-9(12(19)7-10(13)16)14-17-11-5-3-2-4-8(11)15(20)18-14/h2-7,19H,1H3,(H,17,18,20). The summed E-state index contributed by atoms with van der Waals surface area (Å²) in [5.74, 6) is 0.835. The van der Waals surface area contributed by atoms with E-state index in [0.29, 0.717) is 32.5 Å². The predicted molar refractivity (Wildman–Crippen MR) is 83.7 cm³/mol. The number of para-hydroxylation sites is 1. The van der Waals surface area contributed by atoms with Crippen molar-refractivity contribution in [2.24, 2.45) is 0 Å². The second kappa shape index (κ2) is 5.21. The van der Waals surface area contributed by atoms with Crippen LogP contribution in [0.25, 0.3) is 22.3 Å². The second-order valence-corrected chi connectivity index (χ2v) is 5.29. The highest BCUT2D eigenvalue weighted by Gasteiger charge is 2.13. The fraction of sp³-hybridized carbons (Fsp3) is 0.0667. The van der Waals surface area contributed by atoms with Crippen LogP contribution in [0.1, 0.15) is 0 Å². The van der Waals surface area contributed by atoms with Crippen molar-refractivity contribution in [3.05, 3.63) is 51.2 Å². The smallest absolute Gasteiger partial charge is 0.259 e. The number of benzene rings is 2. The summed E-state index contributed by atoms with van der Waals surface area (Å²) in [6, 6.07) is 10.2. The summed E-state index contributed by atoms with van der Waals surface area (Å²) < 4.78 is 5.82. The molecule has 2 aromatic carbocycles. The van der Waals surface area contributed by atoms with E-state index in [1.807, 2.05) is 0 Å². The molecule has 2 N–H and O–H groups in total. The molecular weight excluding hydrogens is 336 g/mol. The molecule has 0 atom stereocenters. The third-order valence-corrected chi connectivity index (χ3v) is 3.76. The lowest BCUT2D eigenvalue weighted by molar-refractivity contribution is 0.410. The minimum absolute atomic E-state index is 0.00102. The number of H-pyrrole nitrogens is 1. The van der Waals surface area contributed by atoms with Gasteiger partial charge in [-0.2, -0.15) is 0 Å². The van der Waals surface area contributed by atoms with Crippen LogP contribution >= 0.6 is 15.9 Å². The minimum Gasteiger partial charge on any atom is -0.507 e. The van der Waals surface area contributed by atoms with Gasteiger partial charge in [0.1, 0.15) is 17.3 Å². The van der Waals surface area contributed by atoms with Crippen LogP contribution in [0.15, 0.2) is 45.7 Å². The van der Waals surface area contributed by atoms with Crippen LogP contribution in [-0.4, -0.2) is 22.2 Å². The van der Waals surface area contributed by atoms with Crippen LogP contribution in [0.2, 0.25) is 0 Å². The molecule has 1 aromatic heterocycles. The number of aromatic hydroxyl groups is 1. The zero-order valence-electron chi connectivity index (χ0n) is 11.1. The Morgan fingerprint density at radius 3 is 2.81 bits per heavy atom. The van der Waals surface area contributed by atoms with Crippen LogP contribution in [0, 0.1) is 0 Å². The van der Waals surface area contributed by atoms with E-state index in [2.05, 4.69) is 25.9 Å². The Bertz CT molecular complexity index is 890. The maximum absolute atomic E-state index is 12.1. The molecule has 0 amide bonds. The number of rotatable bonds is 2. The number of aromatic nitrogens is 2. The van der Waals surface area contributed by atoms with Gasteiger partial charge in [0.25, 0.3) is 5.56 Å². The Labute approximate surface area is 128 Å². The molecule has 5 nitrogen and oxygen atoms in total. The largest absolute Gasteiger partial charge is 0.507 e. The van der Waals surface area contributed by atoms with Gasteiger partial charge in [-0.15, -0.1) is 0 Å². The molecule has 0 aliphatic carbocycles. The fourth-order valence-corrected chi connectivity index (χ4v) is 2.60. The molecule has 3 rings (SSSR count). The molecule has 0 saturated carbocycles. The lowest BCUT2D eigenvalue weighted by atomic mass is 10.1. The number of halogens is 1. The number of ether oxygens (including phenoxy) is 1. The molecule has 3 aromatic rings. The topological polar surface area (TPSA) is 75.2 Å². The average molecular weight is 347 g/mol. The summed E-state index contributed by atoms with van der Waals surface area (Å²) in [6.45, 7) is 0. The van der Waals surface area contributed by atoms with Gasteiger partial charge in [-0.1, -0.05) is 12.1 Å². The van der Waals surface area contributed by atoms with Crippen molar-refractivity contribution in [3.63, 3.8) is 0 Å². The van der Waals surface area contributed by atoms with Gasteiger partial charge in [0.05, 0.1) is 28.0 Å². The van der Waals surface area contributed by atoms with Crippen molar-refractivity contribution >= 4 is 26.8 Å². The number of nitrogens with zero attached hydrogens (tertiary/aromatic N) is 1. The van der Waals surface area contributed by atoms with Crippen LogP contribution in [0.5, 0.6) is 11.5 Å². The van der Waals surface area contributed by atoms with Crippen LogP contribution < -0.4 is 10.3 Å². The maximum Gasteiger partial charge on any atom is 0.259 e. The number of nitrogens with one attached hydrogen (secondary N) is 1. The van der Waals surface area contributed by atoms with E-state index in [1.54, 1.807) is 30.3 Å². The van der Waals surface area contributed by atoms with E-state index < -0.39 is 0 Å². The molecule has 106 valence electrons. The number of fused-ring (bicyclic) bond motifs is 1. The highest BCUT2D eigenvalue weighted by molar-refractivity contribution is 9.10. The number of hydrogen-bond donors (Lipinski definition) is 2. The Balaban J connectivity index is 2.28. The molecule has 0 fully saturated rings. The second-order valence-electron chi connectivity index (χ2n) is 4.44. The number of phenolic OH excluding ortho intramolecular Hbond substituents is 1. The van der Waals surface area contributed by atoms with E-state index in [4.69, 9.17) is 4.74 Å². The summed E-state index contributed by atoms with van der Waals surface area (Å²) in [5, 5.41) is 10.6. The van der Waals surface area contributed by atoms with Gasteiger partial charge >= 0.3 is 0 Å². The minimum atomic E-state index is -0.253. The van der Waals surface area contributed by atoms with Gasteiger partial charge in [0, 0.05) is 0 Å². The average Bonchev–Trinajstić information content (AvgIpc) is 2.47. The Kier molecular flexibility index (Phi) is 3.39. The lowest BCUT2D eigenvalue weighted by Gasteiger charge is -2.09. The Morgan fingerprint density at radius 1 is 1.29 bits per heavy atom. The van der Waals surface area contributed by atoms with Gasteiger partial charge in [-0.25, -0.2) is 4.98 Å². The summed E-state index contributed by atoms with van der Waals surface area (Å²) in [5.41, 5.74) is 0.715. The molecule has 21 heavy (non-hydrogen) atoms. The monoisotopic (exact) mass is 346 g/mol. The molecule has 0 radical (unpaired) electrons. The number of hydrogen-bond acceptors (Lipinski definition) is 4. The maximum atomic E-state index is 12.1. The van der Waals surface area contributed by atoms with Crippen LogP contribution in [0.3, 0.4) is 0 Å². The lowest BCUT2D eigenvalue weighted by Crippen LogP contribution is -2.09. The summed E-state index contributed by atoms with van der Waals surface area (Å²) >= 11 is 3.29. The Hall–Kier alpha value is -2.34. The first-order valence-electron chi connectivity index (χ1n) is 6.16. The first-order chi connectivity index (χ1) is 10.1. The van der Waals surface area contributed by atoms with E-state index in [-0.39, 0.29) is 11.3 Å². The third-order valence-electron chi connectivity index (χ3n) is 3.14. The van der Waals surface area contributed by atoms with Gasteiger partial charge in [0.2, 0.25) is 0 Å². The van der Waals surface area contributed by atoms with Crippen molar-refractivity contribution in [2.75, 3.05) is 7.11 Å². The van der Waals surface area contributed by atoms with Crippen molar-refractivity contribution in [1.29, 1.82) is 0 Å². The van der Waals surface area contributed by atoms with E-state index in [1.165, 1.54) is 13.2 Å². The predicted octanol–water partition coefficient (Wildman–Crippen LogP) is 3.07. The summed E-state index contributed by atoms with van der Waals surface area (Å²) in [6.07, 6.45) is 0. The van der Waals surface area contributed by atoms with Gasteiger partial charge in [-0.05, 0) is 40.2 Å².